The molecule has 0 unspecified atom stereocenters. The number of imidazole rings is 1. The van der Waals surface area contributed by atoms with Crippen molar-refractivity contribution in [3.63, 3.8) is 0 Å². The number of hydrogen-bond donors (Lipinski definition) is 1. The van der Waals surface area contributed by atoms with Crippen molar-refractivity contribution in [2.45, 2.75) is 10.6 Å². The summed E-state index contributed by atoms with van der Waals surface area (Å²) in [4.78, 5) is 6.19. The van der Waals surface area contributed by atoms with Gasteiger partial charge in [0.1, 0.15) is 5.82 Å². The Morgan fingerprint density at radius 3 is 3.17 bits per heavy atom. The fourth-order valence-corrected chi connectivity index (χ4v) is 3.22. The highest BCUT2D eigenvalue weighted by atomic mass is 32.2. The predicted molar refractivity (Wildman–Crippen MR) is 73.4 cm³/mol. The van der Waals surface area contributed by atoms with E-state index in [1.807, 2.05) is 22.2 Å². The lowest BCUT2D eigenvalue weighted by Crippen LogP contribution is -1.90. The van der Waals surface area contributed by atoms with Gasteiger partial charge in [-0.3, -0.25) is 4.40 Å². The van der Waals surface area contributed by atoms with Crippen molar-refractivity contribution in [3.8, 4) is 0 Å². The van der Waals surface area contributed by atoms with E-state index in [1.54, 1.807) is 17.4 Å². The molecule has 0 atom stereocenters. The standard InChI is InChI=1S/C12H10FN3S2/c13-8-1-2-10(14)11(5-8)18-7-9-6-16-3-4-17-12(16)15-9/h1-6H,7,14H2. The number of nitrogens with two attached hydrogens (primary N) is 1. The summed E-state index contributed by atoms with van der Waals surface area (Å²) in [6, 6.07) is 4.41. The first kappa shape index (κ1) is 11.6. The largest absolute Gasteiger partial charge is 0.398 e. The molecule has 3 aromatic rings. The van der Waals surface area contributed by atoms with Crippen LogP contribution >= 0.6 is 23.1 Å². The average molecular weight is 279 g/mol. The smallest absolute Gasteiger partial charge is 0.193 e. The third kappa shape index (κ3) is 2.21. The maximum absolute atomic E-state index is 13.1. The topological polar surface area (TPSA) is 43.3 Å². The van der Waals surface area contributed by atoms with Gasteiger partial charge in [-0.05, 0) is 18.2 Å². The zero-order valence-corrected chi connectivity index (χ0v) is 11.0. The second-order valence-corrected chi connectivity index (χ2v) is 5.69. The molecule has 0 spiro atoms. The Morgan fingerprint density at radius 2 is 2.33 bits per heavy atom. The van der Waals surface area contributed by atoms with E-state index in [1.165, 1.54) is 23.9 Å². The summed E-state index contributed by atoms with van der Waals surface area (Å²) < 4.78 is 15.1. The van der Waals surface area contributed by atoms with Crippen molar-refractivity contribution in [2.75, 3.05) is 5.73 Å². The fraction of sp³-hybridized carbons (Fsp3) is 0.0833. The van der Waals surface area contributed by atoms with E-state index >= 15 is 0 Å². The number of benzene rings is 1. The van der Waals surface area contributed by atoms with Crippen molar-refractivity contribution in [2.24, 2.45) is 0 Å². The van der Waals surface area contributed by atoms with Crippen LogP contribution in [0.1, 0.15) is 5.69 Å². The number of anilines is 1. The first-order valence-electron chi connectivity index (χ1n) is 5.31. The Hall–Kier alpha value is -1.53. The van der Waals surface area contributed by atoms with Crippen LogP contribution in [0.3, 0.4) is 0 Å². The van der Waals surface area contributed by atoms with Gasteiger partial charge in [-0.25, -0.2) is 9.37 Å². The molecule has 3 nitrogen and oxygen atoms in total. The lowest BCUT2D eigenvalue weighted by molar-refractivity contribution is 0.624. The summed E-state index contributed by atoms with van der Waals surface area (Å²) in [7, 11) is 0. The maximum Gasteiger partial charge on any atom is 0.193 e. The molecule has 0 bridgehead atoms. The van der Waals surface area contributed by atoms with Gasteiger partial charge in [-0.1, -0.05) is 0 Å². The van der Waals surface area contributed by atoms with Crippen molar-refractivity contribution in [1.29, 1.82) is 0 Å². The monoisotopic (exact) mass is 279 g/mol. The zero-order chi connectivity index (χ0) is 12.5. The number of nitrogens with zero attached hydrogens (tertiary/aromatic N) is 2. The molecule has 0 amide bonds. The van der Waals surface area contributed by atoms with Crippen LogP contribution in [-0.2, 0) is 5.75 Å². The highest BCUT2D eigenvalue weighted by molar-refractivity contribution is 7.98. The van der Waals surface area contributed by atoms with Crippen molar-refractivity contribution in [1.82, 2.24) is 9.38 Å². The molecule has 0 aliphatic carbocycles. The van der Waals surface area contributed by atoms with E-state index < -0.39 is 0 Å². The number of aromatic nitrogens is 2. The van der Waals surface area contributed by atoms with Crippen molar-refractivity contribution < 1.29 is 4.39 Å². The van der Waals surface area contributed by atoms with Gasteiger partial charge in [0.25, 0.3) is 0 Å². The van der Waals surface area contributed by atoms with E-state index in [0.29, 0.717) is 11.4 Å². The summed E-state index contributed by atoms with van der Waals surface area (Å²) in [6.07, 6.45) is 3.95. The van der Waals surface area contributed by atoms with E-state index in [-0.39, 0.29) is 5.82 Å². The lowest BCUT2D eigenvalue weighted by atomic mass is 10.3. The van der Waals surface area contributed by atoms with Gasteiger partial charge in [0, 0.05) is 34.1 Å². The van der Waals surface area contributed by atoms with Gasteiger partial charge in [0.15, 0.2) is 4.96 Å². The second kappa shape index (κ2) is 4.62. The first-order valence-corrected chi connectivity index (χ1v) is 7.18. The fourth-order valence-electron chi connectivity index (χ4n) is 1.63. The minimum Gasteiger partial charge on any atom is -0.398 e. The highest BCUT2D eigenvalue weighted by Crippen LogP contribution is 2.28. The maximum atomic E-state index is 13.1. The Balaban J connectivity index is 1.77. The van der Waals surface area contributed by atoms with Gasteiger partial charge >= 0.3 is 0 Å². The number of fused-ring (bicyclic) bond motifs is 1. The number of nitrogen functional groups attached to an aromatic ring is 1. The number of rotatable bonds is 3. The van der Waals surface area contributed by atoms with Gasteiger partial charge < -0.3 is 5.73 Å². The highest BCUT2D eigenvalue weighted by Gasteiger charge is 2.06. The summed E-state index contributed by atoms with van der Waals surface area (Å²) in [6.45, 7) is 0. The van der Waals surface area contributed by atoms with Crippen LogP contribution < -0.4 is 5.73 Å². The van der Waals surface area contributed by atoms with E-state index in [2.05, 4.69) is 4.98 Å². The molecular formula is C12H10FN3S2. The normalized spacial score (nSPS) is 11.2. The van der Waals surface area contributed by atoms with Crippen LogP contribution in [0.4, 0.5) is 10.1 Å². The molecule has 1 aromatic carbocycles. The van der Waals surface area contributed by atoms with Crippen LogP contribution in [0.2, 0.25) is 0 Å². The Labute approximate surface area is 111 Å². The second-order valence-electron chi connectivity index (χ2n) is 3.80. The van der Waals surface area contributed by atoms with Crippen molar-refractivity contribution >= 4 is 33.7 Å². The molecule has 0 saturated carbocycles. The quantitative estimate of drug-likeness (QED) is 0.590. The molecule has 0 aliphatic heterocycles. The first-order chi connectivity index (χ1) is 8.72. The molecule has 2 heterocycles. The van der Waals surface area contributed by atoms with Crippen LogP contribution in [0.5, 0.6) is 0 Å². The average Bonchev–Trinajstić information content (AvgIpc) is 2.90. The zero-order valence-electron chi connectivity index (χ0n) is 9.34. The predicted octanol–water partition coefficient (Wildman–Crippen LogP) is 3.41. The SMILES string of the molecule is Nc1ccc(F)cc1SCc1cn2ccsc2n1. The lowest BCUT2D eigenvalue weighted by Gasteiger charge is -2.03. The van der Waals surface area contributed by atoms with Crippen LogP contribution in [0, 0.1) is 5.82 Å². The summed E-state index contributed by atoms with van der Waals surface area (Å²) >= 11 is 3.09. The molecular weight excluding hydrogens is 269 g/mol. The number of thioether (sulfide) groups is 1. The minimum absolute atomic E-state index is 0.266. The molecule has 92 valence electrons. The summed E-state index contributed by atoms with van der Waals surface area (Å²) in [5.41, 5.74) is 7.37. The molecule has 0 fully saturated rings. The van der Waals surface area contributed by atoms with E-state index in [4.69, 9.17) is 5.73 Å². The third-order valence-electron chi connectivity index (χ3n) is 2.49. The van der Waals surface area contributed by atoms with Gasteiger partial charge in [0.2, 0.25) is 0 Å². The van der Waals surface area contributed by atoms with Crippen molar-refractivity contribution in [3.05, 3.63) is 47.5 Å². The third-order valence-corrected chi connectivity index (χ3v) is 4.37. The number of hydrogen-bond acceptors (Lipinski definition) is 4. The molecule has 2 N–H and O–H groups in total. The summed E-state index contributed by atoms with van der Waals surface area (Å²) in [5.74, 6) is 0.416. The molecule has 0 aliphatic rings. The molecule has 18 heavy (non-hydrogen) atoms. The molecule has 3 rings (SSSR count). The van der Waals surface area contributed by atoms with Gasteiger partial charge in [0.05, 0.1) is 5.69 Å². The van der Waals surface area contributed by atoms with E-state index in [9.17, 15) is 4.39 Å². The molecule has 2 aromatic heterocycles. The molecule has 0 radical (unpaired) electrons. The number of halogens is 1. The minimum atomic E-state index is -0.266. The molecule has 0 saturated heterocycles. The Bertz CT molecular complexity index is 661. The van der Waals surface area contributed by atoms with Gasteiger partial charge in [-0.2, -0.15) is 0 Å². The van der Waals surface area contributed by atoms with Crippen LogP contribution in [0.25, 0.3) is 4.96 Å². The van der Waals surface area contributed by atoms with Crippen LogP contribution in [0.15, 0.2) is 40.9 Å². The van der Waals surface area contributed by atoms with Gasteiger partial charge in [-0.15, -0.1) is 23.1 Å². The molecule has 6 heteroatoms. The Morgan fingerprint density at radius 1 is 1.44 bits per heavy atom. The van der Waals surface area contributed by atoms with E-state index in [0.717, 1.165) is 15.6 Å². The Kier molecular flexibility index (Phi) is 2.97. The van der Waals surface area contributed by atoms with Crippen LogP contribution in [-0.4, -0.2) is 9.38 Å². The summed E-state index contributed by atoms with van der Waals surface area (Å²) in [5, 5.41) is 1.99. The number of thiazole rings is 1.